The zero-order valence-corrected chi connectivity index (χ0v) is 23.2. The summed E-state index contributed by atoms with van der Waals surface area (Å²) < 4.78 is -0.634. The Hall–Kier alpha value is -2.88. The van der Waals surface area contributed by atoms with Crippen LogP contribution in [0, 0.1) is 12.8 Å². The molecule has 0 bridgehead atoms. The number of aliphatic hydroxyl groups is 1. The van der Waals surface area contributed by atoms with Crippen LogP contribution >= 0.6 is 11.8 Å². The highest BCUT2D eigenvalue weighted by molar-refractivity contribution is 8.00. The van der Waals surface area contributed by atoms with Crippen LogP contribution in [0.15, 0.2) is 48.5 Å². The number of carbonyl (C=O) groups excluding carboxylic acids is 3. The monoisotopic (exact) mass is 526 g/mol. The quantitative estimate of drug-likeness (QED) is 0.247. The van der Waals surface area contributed by atoms with Crippen LogP contribution in [-0.4, -0.2) is 55.5 Å². The van der Waals surface area contributed by atoms with Crippen molar-refractivity contribution in [3.8, 4) is 0 Å². The van der Waals surface area contributed by atoms with Crippen molar-refractivity contribution >= 4 is 35.0 Å². The molecule has 3 atom stereocenters. The first kappa shape index (κ1) is 28.7. The summed E-state index contributed by atoms with van der Waals surface area (Å²) in [5, 5.41) is 14.6. The number of nitrogens with one attached hydrogen (secondary N) is 1. The van der Waals surface area contributed by atoms with Crippen LogP contribution in [0.3, 0.4) is 0 Å². The van der Waals surface area contributed by atoms with E-state index >= 15 is 0 Å². The maximum atomic E-state index is 13.9. The van der Waals surface area contributed by atoms with Crippen LogP contribution in [0.5, 0.6) is 0 Å². The normalized spacial score (nSPS) is 19.7. The second-order valence-corrected chi connectivity index (χ2v) is 12.8. The molecule has 1 aliphatic rings. The van der Waals surface area contributed by atoms with Gasteiger partial charge < -0.3 is 21.1 Å². The van der Waals surface area contributed by atoms with Gasteiger partial charge in [-0.1, -0.05) is 42.5 Å². The minimum absolute atomic E-state index is 0.0237. The minimum Gasteiger partial charge on any atom is -0.398 e. The van der Waals surface area contributed by atoms with Crippen LogP contribution in [0.1, 0.15) is 56.1 Å². The lowest BCUT2D eigenvalue weighted by molar-refractivity contribution is -0.159. The molecule has 1 fully saturated rings. The molecule has 2 aromatic rings. The van der Waals surface area contributed by atoms with Crippen LogP contribution < -0.4 is 16.8 Å². The van der Waals surface area contributed by atoms with E-state index in [1.165, 1.54) is 16.7 Å². The van der Waals surface area contributed by atoms with Crippen molar-refractivity contribution in [2.75, 3.05) is 11.6 Å². The zero-order chi connectivity index (χ0) is 27.8. The lowest BCUT2D eigenvalue weighted by atomic mass is 9.81. The summed E-state index contributed by atoms with van der Waals surface area (Å²) >= 11 is 1.42. The van der Waals surface area contributed by atoms with E-state index in [1.807, 2.05) is 52.8 Å². The van der Waals surface area contributed by atoms with E-state index in [0.29, 0.717) is 11.3 Å². The molecular formula is C28H38N4O4S. The number of ketones is 1. The molecule has 8 nitrogen and oxygen atoms in total. The maximum absolute atomic E-state index is 13.9. The van der Waals surface area contributed by atoms with Gasteiger partial charge in [0.2, 0.25) is 11.6 Å². The van der Waals surface area contributed by atoms with Crippen LogP contribution in [0.25, 0.3) is 0 Å². The second kappa shape index (κ2) is 10.5. The Morgan fingerprint density at radius 1 is 1.14 bits per heavy atom. The number of benzene rings is 2. The molecule has 0 spiro atoms. The molecule has 1 saturated heterocycles. The predicted molar refractivity (Wildman–Crippen MR) is 148 cm³/mol. The first-order chi connectivity index (χ1) is 17.1. The van der Waals surface area contributed by atoms with Gasteiger partial charge in [-0.25, -0.2) is 0 Å². The topological polar surface area (TPSA) is 139 Å². The third-order valence-corrected chi connectivity index (χ3v) is 8.04. The van der Waals surface area contributed by atoms with Gasteiger partial charge in [0.1, 0.15) is 6.04 Å². The summed E-state index contributed by atoms with van der Waals surface area (Å²) in [6, 6.07) is 13.1. The largest absolute Gasteiger partial charge is 0.398 e. The van der Waals surface area contributed by atoms with Gasteiger partial charge in [-0.2, -0.15) is 0 Å². The molecule has 0 aliphatic carbocycles. The van der Waals surface area contributed by atoms with Gasteiger partial charge in [0.15, 0.2) is 5.78 Å². The minimum atomic E-state index is -2.58. The number of nitrogens with two attached hydrogens (primary N) is 2. The number of thioether (sulfide) groups is 1. The van der Waals surface area contributed by atoms with Crippen molar-refractivity contribution in [3.05, 3.63) is 65.2 Å². The number of amides is 2. The summed E-state index contributed by atoms with van der Waals surface area (Å²) in [5.74, 6) is -2.87. The van der Waals surface area contributed by atoms with E-state index in [1.54, 1.807) is 37.3 Å². The van der Waals surface area contributed by atoms with Gasteiger partial charge in [0.25, 0.3) is 5.91 Å². The number of hydrogen-bond donors (Lipinski definition) is 4. The van der Waals surface area contributed by atoms with Crippen LogP contribution in [0.4, 0.5) is 5.69 Å². The van der Waals surface area contributed by atoms with E-state index in [9.17, 15) is 19.5 Å². The smallest absolute Gasteiger partial charge is 0.271 e. The summed E-state index contributed by atoms with van der Waals surface area (Å²) in [7, 11) is 0. The lowest BCUT2D eigenvalue weighted by Gasteiger charge is -2.38. The molecule has 37 heavy (non-hydrogen) atoms. The SMILES string of the molecule is Cc1c(N)cccc1C(=O)[C@@H](Cc1ccccc1)[C@](N)(O)C(=O)N1CSC(C)(C)C1C(=O)NC(C)(C)C. The summed E-state index contributed by atoms with van der Waals surface area (Å²) in [6.45, 7) is 11.0. The second-order valence-electron chi connectivity index (χ2n) is 11.2. The number of carbonyl (C=O) groups is 3. The van der Waals surface area contributed by atoms with Crippen molar-refractivity contribution in [1.29, 1.82) is 0 Å². The Balaban J connectivity index is 2.04. The van der Waals surface area contributed by atoms with Crippen molar-refractivity contribution in [2.45, 2.75) is 70.0 Å². The molecule has 3 rings (SSSR count). The Morgan fingerprint density at radius 3 is 2.35 bits per heavy atom. The standard InChI is InChI=1S/C28H38N4O4S/c1-17-19(13-10-14-21(17)29)22(33)20(15-18-11-8-7-9-12-18)28(30,36)25(35)32-16-37-27(5,6)23(32)24(34)31-26(2,3)4/h7-14,20,23,36H,15-16,29-30H2,1-6H3,(H,31,34)/t20-,23?,28+/m1/s1. The molecular weight excluding hydrogens is 488 g/mol. The third-order valence-electron chi connectivity index (χ3n) is 6.67. The molecule has 1 heterocycles. The Kier molecular flexibility index (Phi) is 8.12. The van der Waals surface area contributed by atoms with E-state index in [4.69, 9.17) is 11.5 Å². The first-order valence-corrected chi connectivity index (χ1v) is 13.3. The van der Waals surface area contributed by atoms with E-state index in [0.717, 1.165) is 5.56 Å². The van der Waals surface area contributed by atoms with Crippen molar-refractivity contribution in [2.24, 2.45) is 11.7 Å². The lowest BCUT2D eigenvalue weighted by Crippen LogP contribution is -2.66. The molecule has 6 N–H and O–H groups in total. The average Bonchev–Trinajstić information content (AvgIpc) is 3.12. The molecule has 2 amide bonds. The third kappa shape index (κ3) is 6.17. The van der Waals surface area contributed by atoms with E-state index < -0.39 is 39.7 Å². The number of nitrogens with zero attached hydrogens (tertiary/aromatic N) is 1. The van der Waals surface area contributed by atoms with Crippen LogP contribution in [0.2, 0.25) is 0 Å². The summed E-state index contributed by atoms with van der Waals surface area (Å²) in [6.07, 6.45) is 0.0237. The van der Waals surface area contributed by atoms with Gasteiger partial charge >= 0.3 is 0 Å². The Labute approximate surface area is 223 Å². The highest BCUT2D eigenvalue weighted by Crippen LogP contribution is 2.41. The summed E-state index contributed by atoms with van der Waals surface area (Å²) in [5.41, 5.74) is 11.3. The maximum Gasteiger partial charge on any atom is 0.271 e. The molecule has 0 saturated carbocycles. The van der Waals surface area contributed by atoms with Crippen LogP contribution in [-0.2, 0) is 16.0 Å². The van der Waals surface area contributed by atoms with E-state index in [-0.39, 0.29) is 23.8 Å². The highest BCUT2D eigenvalue weighted by atomic mass is 32.2. The zero-order valence-electron chi connectivity index (χ0n) is 22.4. The van der Waals surface area contributed by atoms with Gasteiger partial charge in [-0.15, -0.1) is 11.8 Å². The van der Waals surface area contributed by atoms with Gasteiger partial charge in [-0.05, 0) is 65.2 Å². The fourth-order valence-corrected chi connectivity index (χ4v) is 5.75. The Bertz CT molecular complexity index is 1170. The fraction of sp³-hybridized carbons (Fsp3) is 0.464. The molecule has 1 aliphatic heterocycles. The number of anilines is 1. The number of Topliss-reactive ketones (excluding diaryl/α,β-unsaturated/α-hetero) is 1. The van der Waals surface area contributed by atoms with Gasteiger partial charge in [-0.3, -0.25) is 20.1 Å². The highest BCUT2D eigenvalue weighted by Gasteiger charge is 2.55. The average molecular weight is 527 g/mol. The van der Waals surface area contributed by atoms with Gasteiger partial charge in [0.05, 0.1) is 11.8 Å². The number of rotatable bonds is 7. The van der Waals surface area contributed by atoms with Crippen molar-refractivity contribution in [1.82, 2.24) is 10.2 Å². The number of nitrogen functional groups attached to an aromatic ring is 1. The fourth-order valence-electron chi connectivity index (χ4n) is 4.62. The van der Waals surface area contributed by atoms with Crippen molar-refractivity contribution < 1.29 is 19.5 Å². The summed E-state index contributed by atoms with van der Waals surface area (Å²) in [4.78, 5) is 42.4. The molecule has 0 radical (unpaired) electrons. The predicted octanol–water partition coefficient (Wildman–Crippen LogP) is 2.86. The van der Waals surface area contributed by atoms with E-state index in [2.05, 4.69) is 5.32 Å². The van der Waals surface area contributed by atoms with Crippen molar-refractivity contribution in [3.63, 3.8) is 0 Å². The molecule has 200 valence electrons. The Morgan fingerprint density at radius 2 is 1.76 bits per heavy atom. The molecule has 9 heteroatoms. The van der Waals surface area contributed by atoms with Gasteiger partial charge in [0, 0.05) is 21.5 Å². The molecule has 1 unspecified atom stereocenters. The molecule has 2 aromatic carbocycles. The molecule has 0 aromatic heterocycles. The first-order valence-electron chi connectivity index (χ1n) is 12.3. The number of hydrogen-bond acceptors (Lipinski definition) is 7.